The van der Waals surface area contributed by atoms with Crippen LogP contribution in [0.15, 0.2) is 24.4 Å². The Labute approximate surface area is 122 Å². The normalized spacial score (nSPS) is 11.0. The Morgan fingerprint density at radius 2 is 2.25 bits per heavy atom. The lowest BCUT2D eigenvalue weighted by Crippen LogP contribution is -2.18. The molecule has 1 heterocycles. The van der Waals surface area contributed by atoms with Crippen LogP contribution in [0.3, 0.4) is 0 Å². The second-order valence-electron chi connectivity index (χ2n) is 4.41. The minimum absolute atomic E-state index is 0.287. The summed E-state index contributed by atoms with van der Waals surface area (Å²) in [4.78, 5) is 0. The van der Waals surface area contributed by atoms with Gasteiger partial charge in [-0.3, -0.25) is 0 Å². The minimum atomic E-state index is -0.386. The summed E-state index contributed by atoms with van der Waals surface area (Å²) in [6.45, 7) is 3.94. The van der Waals surface area contributed by atoms with E-state index in [-0.39, 0.29) is 11.5 Å². The summed E-state index contributed by atoms with van der Waals surface area (Å²) in [5.41, 5.74) is 2.15. The molecule has 0 unspecified atom stereocenters. The number of nitrogens with one attached hydrogen (secondary N) is 1. The molecule has 1 N–H and O–H groups in total. The van der Waals surface area contributed by atoms with Crippen molar-refractivity contribution in [2.45, 2.75) is 13.5 Å². The van der Waals surface area contributed by atoms with Crippen LogP contribution in [-0.2, 0) is 11.3 Å². The molecule has 0 aliphatic carbocycles. The Morgan fingerprint density at radius 1 is 1.45 bits per heavy atom. The van der Waals surface area contributed by atoms with Crippen LogP contribution in [0.2, 0.25) is 5.02 Å². The van der Waals surface area contributed by atoms with Gasteiger partial charge in [-0.05, 0) is 19.1 Å². The molecule has 0 amide bonds. The Kier molecular flexibility index (Phi) is 5.11. The smallest absolute Gasteiger partial charge is 0.150 e. The van der Waals surface area contributed by atoms with Crippen molar-refractivity contribution in [1.29, 1.82) is 0 Å². The molecule has 1 aromatic carbocycles. The van der Waals surface area contributed by atoms with Gasteiger partial charge in [-0.15, -0.1) is 0 Å². The van der Waals surface area contributed by atoms with E-state index in [9.17, 15) is 4.39 Å². The Balaban J connectivity index is 2.20. The summed E-state index contributed by atoms with van der Waals surface area (Å²) in [6.07, 6.45) is 1.72. The van der Waals surface area contributed by atoms with Gasteiger partial charge in [0.1, 0.15) is 11.5 Å². The van der Waals surface area contributed by atoms with Gasteiger partial charge in [0.2, 0.25) is 0 Å². The summed E-state index contributed by atoms with van der Waals surface area (Å²) in [7, 11) is 1.66. The number of rotatable bonds is 6. The fourth-order valence-corrected chi connectivity index (χ4v) is 2.17. The van der Waals surface area contributed by atoms with Crippen LogP contribution in [0.5, 0.6) is 0 Å². The molecule has 0 aliphatic heterocycles. The van der Waals surface area contributed by atoms with Gasteiger partial charge in [-0.25, -0.2) is 9.07 Å². The number of hydrogen-bond acceptors (Lipinski definition) is 3. The van der Waals surface area contributed by atoms with Gasteiger partial charge in [-0.1, -0.05) is 17.7 Å². The lowest BCUT2D eigenvalue weighted by molar-refractivity contribution is 0.199. The van der Waals surface area contributed by atoms with Crippen LogP contribution in [0.4, 0.5) is 4.39 Å². The molecule has 2 rings (SSSR count). The Morgan fingerprint density at radius 3 is 2.95 bits per heavy atom. The number of methoxy groups -OCH3 is 1. The molecule has 0 fully saturated rings. The van der Waals surface area contributed by atoms with Crippen molar-refractivity contribution < 1.29 is 9.13 Å². The van der Waals surface area contributed by atoms with Crippen molar-refractivity contribution in [2.75, 3.05) is 20.3 Å². The molecule has 0 aliphatic rings. The van der Waals surface area contributed by atoms with Crippen molar-refractivity contribution in [3.8, 4) is 5.69 Å². The molecule has 0 saturated carbocycles. The van der Waals surface area contributed by atoms with Crippen LogP contribution in [0.1, 0.15) is 11.3 Å². The number of halogens is 2. The summed E-state index contributed by atoms with van der Waals surface area (Å²) in [5, 5.41) is 7.80. The van der Waals surface area contributed by atoms with Gasteiger partial charge >= 0.3 is 0 Å². The number of aromatic nitrogens is 2. The highest BCUT2D eigenvalue weighted by Gasteiger charge is 2.14. The van der Waals surface area contributed by atoms with Gasteiger partial charge in [0.05, 0.1) is 17.8 Å². The molecule has 0 spiro atoms. The zero-order valence-corrected chi connectivity index (χ0v) is 12.2. The summed E-state index contributed by atoms with van der Waals surface area (Å²) < 4.78 is 20.4. The van der Waals surface area contributed by atoms with Gasteiger partial charge in [-0.2, -0.15) is 5.10 Å². The average molecular weight is 298 g/mol. The molecular formula is C14H17ClFN3O. The quantitative estimate of drug-likeness (QED) is 0.833. The first-order valence-electron chi connectivity index (χ1n) is 6.32. The lowest BCUT2D eigenvalue weighted by Gasteiger charge is -2.09. The van der Waals surface area contributed by atoms with Crippen molar-refractivity contribution >= 4 is 11.6 Å². The van der Waals surface area contributed by atoms with Crippen LogP contribution in [0.25, 0.3) is 5.69 Å². The molecule has 20 heavy (non-hydrogen) atoms. The van der Waals surface area contributed by atoms with Crippen LogP contribution in [-0.4, -0.2) is 30.0 Å². The van der Waals surface area contributed by atoms with Crippen LogP contribution < -0.4 is 5.32 Å². The molecule has 2 aromatic rings. The van der Waals surface area contributed by atoms with Crippen LogP contribution >= 0.6 is 11.6 Å². The number of hydrogen-bond donors (Lipinski definition) is 1. The number of ether oxygens (including phenoxy) is 1. The highest BCUT2D eigenvalue weighted by Crippen LogP contribution is 2.25. The highest BCUT2D eigenvalue weighted by atomic mass is 35.5. The van der Waals surface area contributed by atoms with Crippen molar-refractivity contribution in [3.63, 3.8) is 0 Å². The predicted octanol–water partition coefficient (Wildman–Crippen LogP) is 2.71. The van der Waals surface area contributed by atoms with E-state index >= 15 is 0 Å². The number of benzene rings is 1. The van der Waals surface area contributed by atoms with E-state index in [0.717, 1.165) is 17.8 Å². The second-order valence-corrected chi connectivity index (χ2v) is 4.81. The predicted molar refractivity (Wildman–Crippen MR) is 76.9 cm³/mol. The monoisotopic (exact) mass is 297 g/mol. The van der Waals surface area contributed by atoms with E-state index in [4.69, 9.17) is 16.3 Å². The summed E-state index contributed by atoms with van der Waals surface area (Å²) in [5.74, 6) is -0.386. The van der Waals surface area contributed by atoms with E-state index in [2.05, 4.69) is 10.4 Å². The van der Waals surface area contributed by atoms with E-state index in [0.29, 0.717) is 18.2 Å². The first kappa shape index (κ1) is 15.0. The first-order chi connectivity index (χ1) is 9.65. The topological polar surface area (TPSA) is 39.1 Å². The second kappa shape index (κ2) is 6.83. The van der Waals surface area contributed by atoms with Gasteiger partial charge in [0.15, 0.2) is 0 Å². The van der Waals surface area contributed by atoms with Gasteiger partial charge < -0.3 is 10.1 Å². The molecule has 1 aromatic heterocycles. The third-order valence-corrected chi connectivity index (χ3v) is 3.36. The Bertz CT molecular complexity index is 566. The molecule has 6 heteroatoms. The van der Waals surface area contributed by atoms with E-state index < -0.39 is 0 Å². The van der Waals surface area contributed by atoms with Gasteiger partial charge in [0.25, 0.3) is 0 Å². The highest BCUT2D eigenvalue weighted by molar-refractivity contribution is 6.32. The minimum Gasteiger partial charge on any atom is -0.383 e. The van der Waals surface area contributed by atoms with Crippen molar-refractivity contribution in [2.24, 2.45) is 0 Å². The lowest BCUT2D eigenvalue weighted by atomic mass is 10.2. The maximum atomic E-state index is 13.9. The fraction of sp³-hybridized carbons (Fsp3) is 0.357. The molecular weight excluding hydrogens is 281 g/mol. The fourth-order valence-electron chi connectivity index (χ4n) is 1.93. The average Bonchev–Trinajstić information content (AvgIpc) is 2.77. The maximum Gasteiger partial charge on any atom is 0.150 e. The molecule has 0 atom stereocenters. The number of nitrogens with zero attached hydrogens (tertiary/aromatic N) is 2. The standard InChI is InChI=1S/C14H17ClFN3O/c1-10-11(8-17-6-7-20-2)9-18-19(10)14-12(15)4-3-5-13(14)16/h3-5,9,17H,6-8H2,1-2H3. The van der Waals surface area contributed by atoms with E-state index in [1.807, 2.05) is 6.92 Å². The summed E-state index contributed by atoms with van der Waals surface area (Å²) in [6, 6.07) is 4.60. The van der Waals surface area contributed by atoms with E-state index in [1.54, 1.807) is 25.4 Å². The maximum absolute atomic E-state index is 13.9. The van der Waals surface area contributed by atoms with Crippen LogP contribution in [0, 0.1) is 12.7 Å². The molecule has 0 radical (unpaired) electrons. The molecule has 0 bridgehead atoms. The third kappa shape index (κ3) is 3.17. The van der Waals surface area contributed by atoms with Crippen molar-refractivity contribution in [1.82, 2.24) is 15.1 Å². The Hall–Kier alpha value is -1.43. The zero-order chi connectivity index (χ0) is 14.5. The number of para-hydroxylation sites is 1. The molecule has 4 nitrogen and oxygen atoms in total. The molecule has 108 valence electrons. The largest absolute Gasteiger partial charge is 0.383 e. The summed E-state index contributed by atoms with van der Waals surface area (Å²) >= 11 is 6.06. The first-order valence-corrected chi connectivity index (χ1v) is 6.70. The zero-order valence-electron chi connectivity index (χ0n) is 11.5. The molecule has 0 saturated heterocycles. The van der Waals surface area contributed by atoms with E-state index in [1.165, 1.54) is 10.7 Å². The SMILES string of the molecule is COCCNCc1cnn(-c2c(F)cccc2Cl)c1C. The van der Waals surface area contributed by atoms with Gasteiger partial charge in [0, 0.05) is 31.5 Å². The third-order valence-electron chi connectivity index (χ3n) is 3.06. The van der Waals surface area contributed by atoms with Crippen molar-refractivity contribution in [3.05, 3.63) is 46.5 Å².